The number of nitrogens with one attached hydrogen (secondary N) is 1. The Morgan fingerprint density at radius 2 is 1.80 bits per heavy atom. The molecule has 1 N–H and O–H groups in total. The maximum atomic E-state index is 12.1. The minimum atomic E-state index is -0.971. The highest BCUT2D eigenvalue weighted by atomic mass is 35.5. The highest BCUT2D eigenvalue weighted by molar-refractivity contribution is 6.31. The second-order valence-corrected chi connectivity index (χ2v) is 6.17. The standard InChI is InChI=1S/C18H17Cl2NO4/c1-11-3-6-14(9-16(11)20)21-18(23)12(2)25-17(22)10-24-15-7-4-13(19)5-8-15/h3-9,12H,10H2,1-2H3,(H,21,23). The van der Waals surface area contributed by atoms with E-state index in [0.717, 1.165) is 5.56 Å². The molecule has 0 aromatic heterocycles. The van der Waals surface area contributed by atoms with Crippen molar-refractivity contribution in [2.24, 2.45) is 0 Å². The van der Waals surface area contributed by atoms with E-state index in [2.05, 4.69) is 5.32 Å². The molecule has 0 spiro atoms. The number of rotatable bonds is 6. The Morgan fingerprint density at radius 1 is 1.12 bits per heavy atom. The van der Waals surface area contributed by atoms with Gasteiger partial charge in [0.2, 0.25) is 0 Å². The van der Waals surface area contributed by atoms with E-state index < -0.39 is 18.0 Å². The van der Waals surface area contributed by atoms with Crippen molar-refractivity contribution in [3.63, 3.8) is 0 Å². The first-order chi connectivity index (χ1) is 11.8. The summed E-state index contributed by atoms with van der Waals surface area (Å²) in [5.41, 5.74) is 1.43. The van der Waals surface area contributed by atoms with E-state index in [1.807, 2.05) is 6.92 Å². The van der Waals surface area contributed by atoms with Crippen molar-refractivity contribution >= 4 is 40.8 Å². The van der Waals surface area contributed by atoms with Gasteiger partial charge in [-0.05, 0) is 55.8 Å². The van der Waals surface area contributed by atoms with Crippen LogP contribution in [0.3, 0.4) is 0 Å². The maximum absolute atomic E-state index is 12.1. The lowest BCUT2D eigenvalue weighted by molar-refractivity contribution is -0.155. The molecule has 0 fully saturated rings. The summed E-state index contributed by atoms with van der Waals surface area (Å²) in [6.45, 7) is 3.03. The van der Waals surface area contributed by atoms with Gasteiger partial charge in [0, 0.05) is 15.7 Å². The van der Waals surface area contributed by atoms with Crippen LogP contribution >= 0.6 is 23.2 Å². The van der Waals surface area contributed by atoms with Gasteiger partial charge in [-0.2, -0.15) is 0 Å². The van der Waals surface area contributed by atoms with Crippen LogP contribution < -0.4 is 10.1 Å². The number of hydrogen-bond donors (Lipinski definition) is 1. The van der Waals surface area contributed by atoms with Gasteiger partial charge in [0.25, 0.3) is 5.91 Å². The Bertz CT molecular complexity index is 762. The van der Waals surface area contributed by atoms with Crippen LogP contribution in [-0.2, 0) is 14.3 Å². The minimum Gasteiger partial charge on any atom is -0.482 e. The first-order valence-corrected chi connectivity index (χ1v) is 8.25. The number of benzene rings is 2. The molecule has 0 aliphatic rings. The third-order valence-electron chi connectivity index (χ3n) is 3.29. The molecule has 1 unspecified atom stereocenters. The molecule has 2 aromatic rings. The smallest absolute Gasteiger partial charge is 0.344 e. The van der Waals surface area contributed by atoms with Crippen LogP contribution in [0.5, 0.6) is 5.75 Å². The van der Waals surface area contributed by atoms with Gasteiger partial charge in [-0.1, -0.05) is 29.3 Å². The van der Waals surface area contributed by atoms with Gasteiger partial charge in [-0.3, -0.25) is 4.79 Å². The Morgan fingerprint density at radius 3 is 2.44 bits per heavy atom. The van der Waals surface area contributed by atoms with E-state index in [4.69, 9.17) is 32.7 Å². The molecule has 5 nitrogen and oxygen atoms in total. The molecule has 0 bridgehead atoms. The molecular formula is C18H17Cl2NO4. The summed E-state index contributed by atoms with van der Waals surface area (Å²) in [6.07, 6.45) is -0.971. The van der Waals surface area contributed by atoms with Gasteiger partial charge in [0.05, 0.1) is 0 Å². The number of ether oxygens (including phenoxy) is 2. The molecule has 0 heterocycles. The van der Waals surface area contributed by atoms with Crippen molar-refractivity contribution in [1.29, 1.82) is 0 Å². The summed E-state index contributed by atoms with van der Waals surface area (Å²) in [4.78, 5) is 23.8. The van der Waals surface area contributed by atoms with Crippen LogP contribution in [0.25, 0.3) is 0 Å². The van der Waals surface area contributed by atoms with E-state index in [-0.39, 0.29) is 6.61 Å². The number of aryl methyl sites for hydroxylation is 1. The van der Waals surface area contributed by atoms with Crippen molar-refractivity contribution in [3.05, 3.63) is 58.1 Å². The number of carbonyl (C=O) groups is 2. The largest absolute Gasteiger partial charge is 0.482 e. The molecule has 2 aromatic carbocycles. The number of amides is 1. The van der Waals surface area contributed by atoms with Gasteiger partial charge in [-0.25, -0.2) is 4.79 Å². The van der Waals surface area contributed by atoms with Gasteiger partial charge in [-0.15, -0.1) is 0 Å². The summed E-state index contributed by atoms with van der Waals surface area (Å²) >= 11 is 11.8. The van der Waals surface area contributed by atoms with Gasteiger partial charge in [0.15, 0.2) is 12.7 Å². The molecule has 1 atom stereocenters. The third kappa shape index (κ3) is 5.96. The molecule has 0 saturated heterocycles. The lowest BCUT2D eigenvalue weighted by Crippen LogP contribution is -2.31. The van der Waals surface area contributed by atoms with Crippen molar-refractivity contribution < 1.29 is 19.1 Å². The molecule has 0 aliphatic heterocycles. The van der Waals surface area contributed by atoms with Gasteiger partial charge in [0.1, 0.15) is 5.75 Å². The second kappa shape index (κ2) is 8.74. The maximum Gasteiger partial charge on any atom is 0.344 e. The SMILES string of the molecule is Cc1ccc(NC(=O)C(C)OC(=O)COc2ccc(Cl)cc2)cc1Cl. The molecule has 132 valence electrons. The summed E-state index contributed by atoms with van der Waals surface area (Å²) in [5, 5.41) is 3.75. The predicted octanol–water partition coefficient (Wildman–Crippen LogP) is 4.25. The minimum absolute atomic E-state index is 0.310. The number of carbonyl (C=O) groups excluding carboxylic acids is 2. The van der Waals surface area contributed by atoms with Crippen LogP contribution in [0.2, 0.25) is 10.0 Å². The fourth-order valence-corrected chi connectivity index (χ4v) is 2.18. The first-order valence-electron chi connectivity index (χ1n) is 7.50. The normalized spacial score (nSPS) is 11.5. The molecule has 0 aliphatic carbocycles. The summed E-state index contributed by atoms with van der Waals surface area (Å²) in [7, 11) is 0. The van der Waals surface area contributed by atoms with Crippen LogP contribution in [0.4, 0.5) is 5.69 Å². The molecule has 1 amide bonds. The van der Waals surface area contributed by atoms with Crippen molar-refractivity contribution in [2.45, 2.75) is 20.0 Å². The zero-order chi connectivity index (χ0) is 18.4. The monoisotopic (exact) mass is 381 g/mol. The number of hydrogen-bond acceptors (Lipinski definition) is 4. The van der Waals surface area contributed by atoms with Crippen LogP contribution in [-0.4, -0.2) is 24.6 Å². The predicted molar refractivity (Wildman–Crippen MR) is 97.3 cm³/mol. The quantitative estimate of drug-likeness (QED) is 0.759. The number of halogens is 2. The van der Waals surface area contributed by atoms with E-state index in [1.165, 1.54) is 6.92 Å². The van der Waals surface area contributed by atoms with Crippen molar-refractivity contribution in [3.8, 4) is 5.75 Å². The number of anilines is 1. The number of esters is 1. The van der Waals surface area contributed by atoms with E-state index >= 15 is 0 Å². The molecule has 25 heavy (non-hydrogen) atoms. The molecular weight excluding hydrogens is 365 g/mol. The van der Waals surface area contributed by atoms with Crippen LogP contribution in [0.15, 0.2) is 42.5 Å². The summed E-state index contributed by atoms with van der Waals surface area (Å²) < 4.78 is 10.3. The average molecular weight is 382 g/mol. The fourth-order valence-electron chi connectivity index (χ4n) is 1.87. The van der Waals surface area contributed by atoms with E-state index in [1.54, 1.807) is 42.5 Å². The Hall–Kier alpha value is -2.24. The Kier molecular flexibility index (Phi) is 6.67. The van der Waals surface area contributed by atoms with E-state index in [0.29, 0.717) is 21.5 Å². The zero-order valence-electron chi connectivity index (χ0n) is 13.7. The fraction of sp³-hybridized carbons (Fsp3) is 0.222. The third-order valence-corrected chi connectivity index (χ3v) is 3.95. The zero-order valence-corrected chi connectivity index (χ0v) is 15.2. The first kappa shape index (κ1) is 19.1. The van der Waals surface area contributed by atoms with Crippen LogP contribution in [0.1, 0.15) is 12.5 Å². The summed E-state index contributed by atoms with van der Waals surface area (Å²) in [5.74, 6) is -0.632. The Labute approximate surface area is 155 Å². The van der Waals surface area contributed by atoms with Crippen LogP contribution in [0, 0.1) is 6.92 Å². The van der Waals surface area contributed by atoms with E-state index in [9.17, 15) is 9.59 Å². The molecule has 2 rings (SSSR count). The van der Waals surface area contributed by atoms with Gasteiger partial charge >= 0.3 is 5.97 Å². The lowest BCUT2D eigenvalue weighted by atomic mass is 10.2. The molecule has 0 saturated carbocycles. The van der Waals surface area contributed by atoms with Crippen molar-refractivity contribution in [1.82, 2.24) is 0 Å². The summed E-state index contributed by atoms with van der Waals surface area (Å²) in [6, 6.07) is 11.7. The second-order valence-electron chi connectivity index (χ2n) is 5.33. The van der Waals surface area contributed by atoms with Crippen molar-refractivity contribution in [2.75, 3.05) is 11.9 Å². The highest BCUT2D eigenvalue weighted by Gasteiger charge is 2.18. The highest BCUT2D eigenvalue weighted by Crippen LogP contribution is 2.20. The van der Waals surface area contributed by atoms with Gasteiger partial charge < -0.3 is 14.8 Å². The Balaban J connectivity index is 1.82. The lowest BCUT2D eigenvalue weighted by Gasteiger charge is -2.14. The topological polar surface area (TPSA) is 64.6 Å². The molecule has 0 radical (unpaired) electrons. The average Bonchev–Trinajstić information content (AvgIpc) is 2.57. The molecule has 7 heteroatoms.